The van der Waals surface area contributed by atoms with E-state index >= 15 is 0 Å². The molecule has 9 aromatic rings. The van der Waals surface area contributed by atoms with Gasteiger partial charge in [-0.15, -0.1) is 0 Å². The van der Waals surface area contributed by atoms with Gasteiger partial charge in [0.25, 0.3) is 0 Å². The first-order valence-electron chi connectivity index (χ1n) is 17.1. The Kier molecular flexibility index (Phi) is 7.53. The Morgan fingerprint density at radius 2 is 0.840 bits per heavy atom. The molecule has 9 rings (SSSR count). The van der Waals surface area contributed by atoms with Crippen LogP contribution in [0.1, 0.15) is 0 Å². The molecule has 2 nitrogen and oxygen atoms in total. The molecule has 0 bridgehead atoms. The fraction of sp³-hybridized carbons (Fsp3) is 0. The van der Waals surface area contributed by atoms with Gasteiger partial charge >= 0.3 is 0 Å². The minimum absolute atomic E-state index is 1.09. The number of hydrogen-bond donors (Lipinski definition) is 0. The summed E-state index contributed by atoms with van der Waals surface area (Å²) in [4.78, 5) is 2.43. The van der Waals surface area contributed by atoms with Crippen molar-refractivity contribution in [2.45, 2.75) is 0 Å². The lowest BCUT2D eigenvalue weighted by atomic mass is 9.99. The summed E-state index contributed by atoms with van der Waals surface area (Å²) >= 11 is 0. The first-order chi connectivity index (χ1) is 24.8. The van der Waals surface area contributed by atoms with E-state index in [0.29, 0.717) is 0 Å². The van der Waals surface area contributed by atoms with Gasteiger partial charge < -0.3 is 9.47 Å². The first kappa shape index (κ1) is 29.5. The summed E-state index contributed by atoms with van der Waals surface area (Å²) in [6, 6.07) is 74.1. The molecule has 50 heavy (non-hydrogen) atoms. The van der Waals surface area contributed by atoms with Crippen LogP contribution in [0.3, 0.4) is 0 Å². The molecule has 1 heterocycles. The number of nitrogens with zero attached hydrogens (tertiary/aromatic N) is 2. The number of para-hydroxylation sites is 2. The average molecular weight is 639 g/mol. The Morgan fingerprint density at radius 1 is 0.360 bits per heavy atom. The molecule has 2 heteroatoms. The van der Waals surface area contributed by atoms with E-state index in [1.165, 1.54) is 49.7 Å². The number of hydrogen-bond acceptors (Lipinski definition) is 1. The molecule has 0 N–H and O–H groups in total. The van der Waals surface area contributed by atoms with Crippen LogP contribution in [0.15, 0.2) is 206 Å². The number of anilines is 3. The standard InChI is InChI=1S/C48H34N2/c1-5-17-35(18-6-1)38-23-13-27-41(33-38)49(42-28-14-24-39(34-42)36-19-7-2-8-20-36)46-32-16-30-44-47-43(37-21-9-3-10-22-37)29-15-31-45(47)50(48(44)46)40-25-11-4-12-26-40/h1-34H. The van der Waals surface area contributed by atoms with E-state index in [1.807, 2.05) is 0 Å². The average Bonchev–Trinajstić information content (AvgIpc) is 3.55. The van der Waals surface area contributed by atoms with E-state index in [0.717, 1.165) is 28.3 Å². The zero-order chi connectivity index (χ0) is 33.3. The van der Waals surface area contributed by atoms with Crippen LogP contribution in [-0.4, -0.2) is 4.57 Å². The molecule has 0 unspecified atom stereocenters. The van der Waals surface area contributed by atoms with Gasteiger partial charge in [-0.25, -0.2) is 0 Å². The van der Waals surface area contributed by atoms with Crippen LogP contribution < -0.4 is 4.90 Å². The van der Waals surface area contributed by atoms with Gasteiger partial charge in [0.15, 0.2) is 0 Å². The van der Waals surface area contributed by atoms with E-state index in [4.69, 9.17) is 0 Å². The van der Waals surface area contributed by atoms with Crippen LogP contribution in [0.2, 0.25) is 0 Å². The number of benzene rings is 8. The van der Waals surface area contributed by atoms with Crippen LogP contribution in [0.25, 0.3) is 60.9 Å². The molecule has 0 aliphatic rings. The van der Waals surface area contributed by atoms with E-state index < -0.39 is 0 Å². The van der Waals surface area contributed by atoms with Crippen LogP contribution in [0, 0.1) is 0 Å². The third kappa shape index (κ3) is 5.24. The SMILES string of the molecule is c1ccc(-c2cccc(N(c3cccc(-c4ccccc4)c3)c3cccc4c5c(-c6ccccc6)cccc5n(-c5ccccc5)c34)c2)cc1. The van der Waals surface area contributed by atoms with Gasteiger partial charge in [0.05, 0.1) is 16.7 Å². The van der Waals surface area contributed by atoms with Gasteiger partial charge in [-0.2, -0.15) is 0 Å². The van der Waals surface area contributed by atoms with Crippen molar-refractivity contribution in [1.29, 1.82) is 0 Å². The molecule has 1 aromatic heterocycles. The predicted octanol–water partition coefficient (Wildman–Crippen LogP) is 13.3. The van der Waals surface area contributed by atoms with Crippen molar-refractivity contribution < 1.29 is 0 Å². The second-order valence-electron chi connectivity index (χ2n) is 12.6. The van der Waals surface area contributed by atoms with Crippen molar-refractivity contribution in [1.82, 2.24) is 4.57 Å². The lowest BCUT2D eigenvalue weighted by Crippen LogP contribution is -2.12. The van der Waals surface area contributed by atoms with Crippen molar-refractivity contribution in [2.75, 3.05) is 4.90 Å². The minimum Gasteiger partial charge on any atom is -0.308 e. The summed E-state index contributed by atoms with van der Waals surface area (Å²) < 4.78 is 2.45. The molecule has 0 saturated heterocycles. The maximum Gasteiger partial charge on any atom is 0.0782 e. The summed E-state index contributed by atoms with van der Waals surface area (Å²) in [6.07, 6.45) is 0. The summed E-state index contributed by atoms with van der Waals surface area (Å²) in [5.74, 6) is 0. The van der Waals surface area contributed by atoms with Gasteiger partial charge in [0, 0.05) is 27.8 Å². The Morgan fingerprint density at radius 3 is 1.42 bits per heavy atom. The molecular formula is C48H34N2. The molecule has 0 atom stereocenters. The maximum atomic E-state index is 2.45. The molecule has 236 valence electrons. The molecule has 0 radical (unpaired) electrons. The van der Waals surface area contributed by atoms with E-state index in [2.05, 4.69) is 216 Å². The normalized spacial score (nSPS) is 11.2. The molecule has 0 spiro atoms. The van der Waals surface area contributed by atoms with E-state index in [-0.39, 0.29) is 0 Å². The molecule has 0 aliphatic carbocycles. The van der Waals surface area contributed by atoms with Crippen molar-refractivity contribution in [2.24, 2.45) is 0 Å². The topological polar surface area (TPSA) is 8.17 Å². The highest BCUT2D eigenvalue weighted by Gasteiger charge is 2.23. The van der Waals surface area contributed by atoms with Gasteiger partial charge in [0.1, 0.15) is 0 Å². The molecule has 0 aliphatic heterocycles. The van der Waals surface area contributed by atoms with Gasteiger partial charge in [0.2, 0.25) is 0 Å². The molecule has 0 saturated carbocycles. The van der Waals surface area contributed by atoms with Crippen molar-refractivity contribution in [3.05, 3.63) is 206 Å². The maximum absolute atomic E-state index is 2.45. The molecule has 0 amide bonds. The van der Waals surface area contributed by atoms with Gasteiger partial charge in [-0.05, 0) is 81.9 Å². The number of rotatable bonds is 7. The Labute approximate surface area is 292 Å². The monoisotopic (exact) mass is 638 g/mol. The summed E-state index contributed by atoms with van der Waals surface area (Å²) in [5, 5.41) is 2.46. The van der Waals surface area contributed by atoms with Gasteiger partial charge in [-0.1, -0.05) is 158 Å². The van der Waals surface area contributed by atoms with Crippen molar-refractivity contribution in [3.8, 4) is 39.1 Å². The summed E-state index contributed by atoms with van der Waals surface area (Å²) in [6.45, 7) is 0. The lowest BCUT2D eigenvalue weighted by Gasteiger charge is -2.28. The lowest BCUT2D eigenvalue weighted by molar-refractivity contribution is 1.17. The predicted molar refractivity (Wildman–Crippen MR) is 212 cm³/mol. The summed E-state index contributed by atoms with van der Waals surface area (Å²) in [5.41, 5.74) is 13.9. The highest BCUT2D eigenvalue weighted by molar-refractivity contribution is 6.19. The largest absolute Gasteiger partial charge is 0.308 e. The molecule has 8 aromatic carbocycles. The number of aromatic nitrogens is 1. The zero-order valence-electron chi connectivity index (χ0n) is 27.5. The third-order valence-corrected chi connectivity index (χ3v) is 9.55. The third-order valence-electron chi connectivity index (χ3n) is 9.55. The summed E-state index contributed by atoms with van der Waals surface area (Å²) in [7, 11) is 0. The first-order valence-corrected chi connectivity index (χ1v) is 17.1. The van der Waals surface area contributed by atoms with Crippen LogP contribution in [0.4, 0.5) is 17.1 Å². The quantitative estimate of drug-likeness (QED) is 0.169. The fourth-order valence-electron chi connectivity index (χ4n) is 7.32. The van der Waals surface area contributed by atoms with Crippen LogP contribution in [0.5, 0.6) is 0 Å². The Bertz CT molecular complexity index is 2490. The molecular weight excluding hydrogens is 605 g/mol. The Balaban J connectivity index is 1.37. The van der Waals surface area contributed by atoms with Gasteiger partial charge in [-0.3, -0.25) is 0 Å². The highest BCUT2D eigenvalue weighted by Crippen LogP contribution is 2.46. The van der Waals surface area contributed by atoms with E-state index in [1.54, 1.807) is 0 Å². The number of fused-ring (bicyclic) bond motifs is 3. The van der Waals surface area contributed by atoms with Crippen molar-refractivity contribution >= 4 is 38.9 Å². The minimum atomic E-state index is 1.09. The second-order valence-corrected chi connectivity index (χ2v) is 12.6. The second kappa shape index (κ2) is 12.8. The smallest absolute Gasteiger partial charge is 0.0782 e. The molecule has 0 fully saturated rings. The fourth-order valence-corrected chi connectivity index (χ4v) is 7.32. The highest BCUT2D eigenvalue weighted by atomic mass is 15.2. The van der Waals surface area contributed by atoms with Crippen LogP contribution in [-0.2, 0) is 0 Å². The zero-order valence-corrected chi connectivity index (χ0v) is 27.5. The van der Waals surface area contributed by atoms with E-state index in [9.17, 15) is 0 Å². The van der Waals surface area contributed by atoms with Crippen molar-refractivity contribution in [3.63, 3.8) is 0 Å². The Hall–Kier alpha value is -6.64. The van der Waals surface area contributed by atoms with Crippen LogP contribution >= 0.6 is 0 Å².